The summed E-state index contributed by atoms with van der Waals surface area (Å²) in [7, 11) is -1.72. The van der Waals surface area contributed by atoms with Gasteiger partial charge in [-0.05, 0) is 29.7 Å². The maximum atomic E-state index is 13.5. The summed E-state index contributed by atoms with van der Waals surface area (Å²) >= 11 is 0. The van der Waals surface area contributed by atoms with Crippen molar-refractivity contribution in [1.82, 2.24) is 9.88 Å². The van der Waals surface area contributed by atoms with Gasteiger partial charge in [-0.1, -0.05) is 68.2 Å². The van der Waals surface area contributed by atoms with Crippen molar-refractivity contribution in [3.8, 4) is 0 Å². The summed E-state index contributed by atoms with van der Waals surface area (Å²) in [4.78, 5) is 32.6. The van der Waals surface area contributed by atoms with Crippen LogP contribution in [0, 0.1) is 0 Å². The minimum Gasteiger partial charge on any atom is -0.445 e. The molecule has 6 nitrogen and oxygen atoms in total. The van der Waals surface area contributed by atoms with Crippen LogP contribution in [0.15, 0.2) is 66.9 Å². The van der Waals surface area contributed by atoms with Crippen molar-refractivity contribution in [3.63, 3.8) is 0 Å². The number of benzene rings is 2. The fourth-order valence-electron chi connectivity index (χ4n) is 4.44. The van der Waals surface area contributed by atoms with Crippen LogP contribution in [-0.2, 0) is 16.1 Å². The van der Waals surface area contributed by atoms with Gasteiger partial charge in [0, 0.05) is 18.1 Å². The minimum absolute atomic E-state index is 0.148. The first-order valence-electron chi connectivity index (χ1n) is 11.0. The van der Waals surface area contributed by atoms with E-state index in [0.717, 1.165) is 22.9 Å². The van der Waals surface area contributed by atoms with Crippen LogP contribution in [0.25, 0.3) is 10.9 Å². The summed E-state index contributed by atoms with van der Waals surface area (Å²) < 4.78 is 5.58. The molecule has 2 aromatic carbocycles. The number of anilines is 1. The summed E-state index contributed by atoms with van der Waals surface area (Å²) in [5, 5.41) is 4.02. The summed E-state index contributed by atoms with van der Waals surface area (Å²) in [6.07, 6.45) is 2.08. The fourth-order valence-corrected chi connectivity index (χ4v) is 6.72. The molecule has 4 rings (SSSR count). The molecule has 3 aromatic rings. The lowest BCUT2D eigenvalue weighted by atomic mass is 10.1. The van der Waals surface area contributed by atoms with Gasteiger partial charge >= 0.3 is 6.09 Å². The van der Waals surface area contributed by atoms with Crippen LogP contribution in [0.4, 0.5) is 10.5 Å². The number of hydrogen-bond acceptors (Lipinski definition) is 4. The molecule has 1 aliphatic heterocycles. The number of nitrogens with zero attached hydrogens (tertiary/aromatic N) is 2. The SMILES string of the molecule is C[Si](C)(C)[C@H]1CCN(C(=O)OCc2ccccc2)[C@H]1C(=O)Nc1cccc2cccnc12. The molecule has 0 spiro atoms. The molecule has 1 aliphatic rings. The molecule has 0 saturated carbocycles. The number of para-hydroxylation sites is 1. The Balaban J connectivity index is 1.56. The normalized spacial score (nSPS) is 18.5. The Morgan fingerprint density at radius 1 is 1.06 bits per heavy atom. The van der Waals surface area contributed by atoms with Gasteiger partial charge in [0.1, 0.15) is 12.6 Å². The monoisotopic (exact) mass is 447 g/mol. The molecular weight excluding hydrogens is 418 g/mol. The number of amides is 2. The number of aromatic nitrogens is 1. The Morgan fingerprint density at radius 3 is 2.56 bits per heavy atom. The first-order valence-corrected chi connectivity index (χ1v) is 14.5. The van der Waals surface area contributed by atoms with E-state index < -0.39 is 20.2 Å². The van der Waals surface area contributed by atoms with Gasteiger partial charge in [-0.3, -0.25) is 14.7 Å². The number of carbonyl (C=O) groups excluding carboxylic acids is 2. The number of ether oxygens (including phenoxy) is 1. The molecule has 1 N–H and O–H groups in total. The molecule has 1 aromatic heterocycles. The molecule has 2 heterocycles. The first kappa shape index (κ1) is 22.0. The Kier molecular flexibility index (Phi) is 6.28. The van der Waals surface area contributed by atoms with E-state index in [0.29, 0.717) is 12.2 Å². The second kappa shape index (κ2) is 9.12. The van der Waals surface area contributed by atoms with Crippen molar-refractivity contribution in [1.29, 1.82) is 0 Å². The number of hydrogen-bond donors (Lipinski definition) is 1. The van der Waals surface area contributed by atoms with Gasteiger partial charge in [0.05, 0.1) is 19.3 Å². The fraction of sp³-hybridized carbons (Fsp3) is 0.320. The summed E-state index contributed by atoms with van der Waals surface area (Å²) in [5.41, 5.74) is 2.47. The van der Waals surface area contributed by atoms with Crippen LogP contribution >= 0.6 is 0 Å². The zero-order valence-electron chi connectivity index (χ0n) is 18.7. The predicted octanol–water partition coefficient (Wildman–Crippen LogP) is 5.29. The lowest BCUT2D eigenvalue weighted by molar-refractivity contribution is -0.120. The third kappa shape index (κ3) is 4.67. The van der Waals surface area contributed by atoms with E-state index >= 15 is 0 Å². The van der Waals surface area contributed by atoms with E-state index in [9.17, 15) is 9.59 Å². The Labute approximate surface area is 189 Å². The number of pyridine rings is 1. The number of nitrogens with one attached hydrogen (secondary N) is 1. The van der Waals surface area contributed by atoms with E-state index in [2.05, 4.69) is 29.9 Å². The Bertz CT molecular complexity index is 1110. The van der Waals surface area contributed by atoms with Crippen LogP contribution in [-0.4, -0.2) is 42.5 Å². The molecule has 2 amide bonds. The lowest BCUT2D eigenvalue weighted by Gasteiger charge is -2.32. The van der Waals surface area contributed by atoms with Crippen molar-refractivity contribution >= 4 is 36.7 Å². The quantitative estimate of drug-likeness (QED) is 0.539. The van der Waals surface area contributed by atoms with Gasteiger partial charge in [-0.25, -0.2) is 4.79 Å². The topological polar surface area (TPSA) is 71.5 Å². The van der Waals surface area contributed by atoms with Crippen LogP contribution in [0.1, 0.15) is 12.0 Å². The van der Waals surface area contributed by atoms with E-state index in [-0.39, 0.29) is 18.1 Å². The highest BCUT2D eigenvalue weighted by molar-refractivity contribution is 6.78. The zero-order valence-corrected chi connectivity index (χ0v) is 19.7. The van der Waals surface area contributed by atoms with Gasteiger partial charge in [0.2, 0.25) is 5.91 Å². The van der Waals surface area contributed by atoms with Crippen molar-refractivity contribution < 1.29 is 14.3 Å². The molecule has 1 fully saturated rings. The summed E-state index contributed by atoms with van der Waals surface area (Å²) in [6, 6.07) is 18.6. The van der Waals surface area contributed by atoms with Crippen LogP contribution in [0.3, 0.4) is 0 Å². The molecule has 0 aliphatic carbocycles. The molecule has 2 atom stereocenters. The highest BCUT2D eigenvalue weighted by atomic mass is 28.3. The maximum Gasteiger partial charge on any atom is 0.410 e. The van der Waals surface area contributed by atoms with Gasteiger partial charge in [0.15, 0.2) is 0 Å². The van der Waals surface area contributed by atoms with E-state index in [1.54, 1.807) is 11.1 Å². The van der Waals surface area contributed by atoms with Crippen molar-refractivity contribution in [2.45, 2.75) is 44.3 Å². The van der Waals surface area contributed by atoms with Crippen molar-refractivity contribution in [2.75, 3.05) is 11.9 Å². The van der Waals surface area contributed by atoms with E-state index in [1.807, 2.05) is 60.7 Å². The third-order valence-electron chi connectivity index (χ3n) is 6.11. The zero-order chi connectivity index (χ0) is 22.7. The van der Waals surface area contributed by atoms with Gasteiger partial charge in [-0.2, -0.15) is 0 Å². The lowest BCUT2D eigenvalue weighted by Crippen LogP contribution is -2.49. The smallest absolute Gasteiger partial charge is 0.410 e. The molecule has 7 heteroatoms. The highest BCUT2D eigenvalue weighted by Crippen LogP contribution is 2.39. The second-order valence-electron chi connectivity index (χ2n) is 9.31. The summed E-state index contributed by atoms with van der Waals surface area (Å²) in [5.74, 6) is -0.176. The number of likely N-dealkylation sites (tertiary alicyclic amines) is 1. The van der Waals surface area contributed by atoms with Crippen molar-refractivity contribution in [3.05, 3.63) is 72.4 Å². The van der Waals surface area contributed by atoms with Crippen molar-refractivity contribution in [2.24, 2.45) is 0 Å². The third-order valence-corrected chi connectivity index (χ3v) is 8.94. The number of fused-ring (bicyclic) bond motifs is 1. The van der Waals surface area contributed by atoms with Gasteiger partial charge < -0.3 is 10.1 Å². The van der Waals surface area contributed by atoms with E-state index in [1.165, 1.54) is 0 Å². The molecule has 0 radical (unpaired) electrons. The molecule has 0 unspecified atom stereocenters. The predicted molar refractivity (Wildman–Crippen MR) is 129 cm³/mol. The molecule has 32 heavy (non-hydrogen) atoms. The maximum absolute atomic E-state index is 13.5. The van der Waals surface area contributed by atoms with E-state index in [4.69, 9.17) is 4.74 Å². The second-order valence-corrected chi connectivity index (χ2v) is 14.8. The standard InChI is InChI=1S/C25H29N3O3Si/c1-32(2,3)21-14-16-28(25(30)31-17-18-9-5-4-6-10-18)23(21)24(29)27-20-13-7-11-19-12-8-15-26-22(19)20/h4-13,15,21,23H,14,16-17H2,1-3H3,(H,27,29)/t21-,23+/m0/s1. The van der Waals surface area contributed by atoms with Crippen LogP contribution < -0.4 is 5.32 Å². The molecule has 1 saturated heterocycles. The average Bonchev–Trinajstić information content (AvgIpc) is 3.25. The summed E-state index contributed by atoms with van der Waals surface area (Å²) in [6.45, 7) is 7.45. The van der Waals surface area contributed by atoms with Crippen LogP contribution in [0.2, 0.25) is 25.2 Å². The molecule has 0 bridgehead atoms. The average molecular weight is 448 g/mol. The largest absolute Gasteiger partial charge is 0.445 e. The molecular formula is C25H29N3O3Si. The van der Waals surface area contributed by atoms with Gasteiger partial charge in [-0.15, -0.1) is 0 Å². The Hall–Kier alpha value is -3.19. The first-order chi connectivity index (χ1) is 15.3. The van der Waals surface area contributed by atoms with Gasteiger partial charge in [0.25, 0.3) is 0 Å². The Morgan fingerprint density at radius 2 is 1.81 bits per heavy atom. The highest BCUT2D eigenvalue weighted by Gasteiger charge is 2.48. The minimum atomic E-state index is -1.72. The van der Waals surface area contributed by atoms with Crippen LogP contribution in [0.5, 0.6) is 0 Å². The molecule has 166 valence electrons. The number of carbonyl (C=O) groups is 2. The number of rotatable bonds is 5.